The zero-order valence-corrected chi connectivity index (χ0v) is 17.7. The number of hydrogen-bond acceptors (Lipinski definition) is 5. The van der Waals surface area contributed by atoms with Gasteiger partial charge in [-0.1, -0.05) is 6.07 Å². The highest BCUT2D eigenvalue weighted by Crippen LogP contribution is 2.32. The molecule has 3 rings (SSSR count). The molecule has 4 nitrogen and oxygen atoms in total. The molecular weight excluding hydrogens is 421 g/mol. The van der Waals surface area contributed by atoms with Crippen molar-refractivity contribution in [1.29, 1.82) is 0 Å². The van der Waals surface area contributed by atoms with Crippen LogP contribution >= 0.6 is 11.3 Å². The second kappa shape index (κ2) is 9.40. The number of benzene rings is 1. The van der Waals surface area contributed by atoms with Crippen LogP contribution in [0.15, 0.2) is 40.6 Å². The third kappa shape index (κ3) is 5.90. The molecule has 1 atom stereocenters. The minimum Gasteiger partial charge on any atom is -0.369 e. The van der Waals surface area contributed by atoms with Crippen molar-refractivity contribution in [3.8, 4) is 0 Å². The minimum absolute atomic E-state index is 0.0168. The second-order valence-corrected chi connectivity index (χ2v) is 9.84. The summed E-state index contributed by atoms with van der Waals surface area (Å²) in [6.07, 6.45) is -3.56. The Morgan fingerprint density at radius 2 is 1.86 bits per heavy atom. The number of carbonyl (C=O) groups excluding carboxylic acids is 1. The van der Waals surface area contributed by atoms with E-state index in [4.69, 9.17) is 0 Å². The Labute approximate surface area is 174 Å². The zero-order chi connectivity index (χ0) is 21.0. The van der Waals surface area contributed by atoms with E-state index in [0.29, 0.717) is 29.4 Å². The van der Waals surface area contributed by atoms with Gasteiger partial charge in [0.15, 0.2) is 5.78 Å². The lowest BCUT2D eigenvalue weighted by Crippen LogP contribution is -2.46. The van der Waals surface area contributed by atoms with Crippen LogP contribution in [0.2, 0.25) is 0 Å². The van der Waals surface area contributed by atoms with E-state index in [9.17, 15) is 22.2 Å². The van der Waals surface area contributed by atoms with Crippen LogP contribution in [-0.2, 0) is 17.0 Å². The smallest absolute Gasteiger partial charge is 0.369 e. The molecule has 0 saturated carbocycles. The fourth-order valence-corrected chi connectivity index (χ4v) is 5.60. The van der Waals surface area contributed by atoms with Gasteiger partial charge in [-0.25, -0.2) is 0 Å². The highest BCUT2D eigenvalue weighted by Gasteiger charge is 2.31. The van der Waals surface area contributed by atoms with E-state index in [1.807, 2.05) is 4.90 Å². The number of thiophene rings is 1. The lowest BCUT2D eigenvalue weighted by Gasteiger charge is -2.36. The Bertz CT molecular complexity index is 875. The molecule has 158 valence electrons. The van der Waals surface area contributed by atoms with Gasteiger partial charge in [0.1, 0.15) is 0 Å². The molecule has 0 amide bonds. The number of carbonyl (C=O) groups is 1. The number of hydrogen-bond donors (Lipinski definition) is 0. The number of Topliss-reactive ketones (excluding diaryl/α,β-unsaturated/α-hetero) is 1. The van der Waals surface area contributed by atoms with E-state index < -0.39 is 22.5 Å². The van der Waals surface area contributed by atoms with Gasteiger partial charge in [-0.15, -0.1) is 11.3 Å². The molecule has 2 aromatic rings. The number of alkyl halides is 3. The second-order valence-electron chi connectivity index (χ2n) is 6.95. The van der Waals surface area contributed by atoms with E-state index in [1.54, 1.807) is 18.2 Å². The average Bonchev–Trinajstić information content (AvgIpc) is 3.19. The first-order chi connectivity index (χ1) is 13.7. The number of halogens is 3. The molecule has 2 heterocycles. The van der Waals surface area contributed by atoms with E-state index in [0.717, 1.165) is 36.3 Å². The van der Waals surface area contributed by atoms with Gasteiger partial charge < -0.3 is 4.90 Å². The molecule has 1 aromatic heterocycles. The first-order valence-corrected chi connectivity index (χ1v) is 11.5. The van der Waals surface area contributed by atoms with Crippen LogP contribution in [-0.4, -0.2) is 53.4 Å². The Kier molecular flexibility index (Phi) is 7.13. The van der Waals surface area contributed by atoms with Crippen molar-refractivity contribution < 1.29 is 22.2 Å². The average molecular weight is 445 g/mol. The summed E-state index contributed by atoms with van der Waals surface area (Å²) in [6.45, 7) is 5.14. The lowest BCUT2D eigenvalue weighted by atomic mass is 10.1. The molecule has 1 aliphatic rings. The molecule has 9 heteroatoms. The highest BCUT2D eigenvalue weighted by atomic mass is 32.2. The number of nitrogens with zero attached hydrogens (tertiary/aromatic N) is 2. The molecule has 0 spiro atoms. The predicted molar refractivity (Wildman–Crippen MR) is 110 cm³/mol. The van der Waals surface area contributed by atoms with Crippen LogP contribution in [0.3, 0.4) is 0 Å². The summed E-state index contributed by atoms with van der Waals surface area (Å²) in [5.41, 5.74) is -0.0269. The van der Waals surface area contributed by atoms with Crippen molar-refractivity contribution >= 4 is 33.6 Å². The third-order valence-electron chi connectivity index (χ3n) is 4.87. The number of anilines is 1. The zero-order valence-electron chi connectivity index (χ0n) is 16.1. The van der Waals surface area contributed by atoms with Crippen molar-refractivity contribution in [3.05, 3.63) is 46.8 Å². The Hall–Kier alpha value is -1.71. The maximum atomic E-state index is 12.9. The van der Waals surface area contributed by atoms with Gasteiger partial charge in [0.05, 0.1) is 25.4 Å². The summed E-state index contributed by atoms with van der Waals surface area (Å²) in [5, 5.41) is 0. The number of ketones is 1. The van der Waals surface area contributed by atoms with Gasteiger partial charge >= 0.3 is 6.18 Å². The number of rotatable bonds is 7. The number of piperazine rings is 1. The molecule has 1 aromatic carbocycles. The fraction of sp³-hybridized carbons (Fsp3) is 0.450. The van der Waals surface area contributed by atoms with Crippen molar-refractivity contribution in [2.24, 2.45) is 0 Å². The minimum atomic E-state index is -4.33. The first-order valence-electron chi connectivity index (χ1n) is 9.38. The normalized spacial score (nSPS) is 16.8. The van der Waals surface area contributed by atoms with E-state index in [2.05, 4.69) is 4.90 Å². The van der Waals surface area contributed by atoms with Gasteiger partial charge in [-0.3, -0.25) is 13.9 Å². The van der Waals surface area contributed by atoms with Gasteiger partial charge in [0, 0.05) is 37.6 Å². The van der Waals surface area contributed by atoms with Crippen LogP contribution in [0.5, 0.6) is 0 Å². The van der Waals surface area contributed by atoms with Crippen LogP contribution in [0.25, 0.3) is 0 Å². The summed E-state index contributed by atoms with van der Waals surface area (Å²) in [4.78, 5) is 16.2. The van der Waals surface area contributed by atoms with E-state index in [1.165, 1.54) is 30.4 Å². The Morgan fingerprint density at radius 1 is 1.14 bits per heavy atom. The molecule has 1 saturated heterocycles. The van der Waals surface area contributed by atoms with Crippen molar-refractivity contribution in [2.75, 3.05) is 43.4 Å². The summed E-state index contributed by atoms with van der Waals surface area (Å²) in [7, 11) is -1.11. The Balaban J connectivity index is 1.44. The summed E-state index contributed by atoms with van der Waals surface area (Å²) >= 11 is 1.29. The molecular formula is C20H23F3N2O2S2. The van der Waals surface area contributed by atoms with Gasteiger partial charge in [-0.05, 0) is 50.2 Å². The Morgan fingerprint density at radius 3 is 2.48 bits per heavy atom. The van der Waals surface area contributed by atoms with Crippen molar-refractivity contribution in [3.63, 3.8) is 0 Å². The van der Waals surface area contributed by atoms with Gasteiger partial charge in [0.25, 0.3) is 0 Å². The van der Waals surface area contributed by atoms with Crippen LogP contribution in [0.4, 0.5) is 18.9 Å². The summed E-state index contributed by atoms with van der Waals surface area (Å²) in [5.74, 6) is 0.517. The molecule has 29 heavy (non-hydrogen) atoms. The van der Waals surface area contributed by atoms with E-state index >= 15 is 0 Å². The topological polar surface area (TPSA) is 40.6 Å². The molecule has 1 fully saturated rings. The monoisotopic (exact) mass is 444 g/mol. The van der Waals surface area contributed by atoms with Crippen LogP contribution in [0, 0.1) is 0 Å². The third-order valence-corrected chi connectivity index (χ3v) is 7.90. The van der Waals surface area contributed by atoms with Gasteiger partial charge in [0.2, 0.25) is 0 Å². The van der Waals surface area contributed by atoms with Crippen LogP contribution in [0.1, 0.15) is 28.6 Å². The molecule has 1 aliphatic heterocycles. The molecule has 0 aliphatic carbocycles. The molecule has 0 radical (unpaired) electrons. The molecule has 0 bridgehead atoms. The fourth-order valence-electron chi connectivity index (χ4n) is 3.26. The predicted octanol–water partition coefficient (Wildman–Crippen LogP) is 4.29. The maximum absolute atomic E-state index is 12.9. The first kappa shape index (κ1) is 22.0. The quantitative estimate of drug-likeness (QED) is 0.598. The summed E-state index contributed by atoms with van der Waals surface area (Å²) < 4.78 is 51.8. The molecule has 0 N–H and O–H groups in total. The maximum Gasteiger partial charge on any atom is 0.416 e. The lowest BCUT2D eigenvalue weighted by molar-refractivity contribution is -0.137. The van der Waals surface area contributed by atoms with Crippen molar-refractivity contribution in [1.82, 2.24) is 4.90 Å². The largest absolute Gasteiger partial charge is 0.416 e. The van der Waals surface area contributed by atoms with Gasteiger partial charge in [-0.2, -0.15) is 13.2 Å². The highest BCUT2D eigenvalue weighted by molar-refractivity contribution is 7.87. The van der Waals surface area contributed by atoms with Crippen molar-refractivity contribution in [2.45, 2.75) is 23.7 Å². The summed E-state index contributed by atoms with van der Waals surface area (Å²) in [6, 6.07) is 8.92. The molecule has 1 unspecified atom stereocenters. The SMILES string of the molecule is CC(=O)c1ccc(S(=O)CCCN2CCN(c3cccc(C(F)(F)F)c3)CC2)s1. The van der Waals surface area contributed by atoms with Crippen LogP contribution < -0.4 is 4.90 Å². The van der Waals surface area contributed by atoms with E-state index in [-0.39, 0.29) is 5.78 Å². The standard InChI is InChI=1S/C20H23F3N2O2S2/c1-15(26)18-6-7-19(28-18)29(27)13-3-8-24-9-11-25(12-10-24)17-5-2-4-16(14-17)20(21,22)23/h2,4-7,14H,3,8-13H2,1H3.